The van der Waals surface area contributed by atoms with Gasteiger partial charge in [0.1, 0.15) is 31.2 Å². The Bertz CT molecular complexity index is 760. The van der Waals surface area contributed by atoms with Gasteiger partial charge in [0.15, 0.2) is 0 Å². The van der Waals surface area contributed by atoms with Crippen molar-refractivity contribution in [2.75, 3.05) is 6.61 Å². The Morgan fingerprint density at radius 1 is 1.36 bits per heavy atom. The highest BCUT2D eigenvalue weighted by molar-refractivity contribution is 5.27. The van der Waals surface area contributed by atoms with E-state index in [1.165, 1.54) is 28.8 Å². The van der Waals surface area contributed by atoms with Crippen molar-refractivity contribution in [3.05, 3.63) is 46.1 Å². The second kappa shape index (κ2) is 6.59. The molecule has 134 valence electrons. The third-order valence-electron chi connectivity index (χ3n) is 3.41. The molecule has 0 saturated carbocycles. The summed E-state index contributed by atoms with van der Waals surface area (Å²) in [4.78, 5) is 14.1. The minimum absolute atomic E-state index is 0.109. The Morgan fingerprint density at radius 3 is 2.72 bits per heavy atom. The summed E-state index contributed by atoms with van der Waals surface area (Å²) in [6.45, 7) is 0.475. The fourth-order valence-corrected chi connectivity index (χ4v) is 2.31. The molecule has 0 spiro atoms. The van der Waals surface area contributed by atoms with Gasteiger partial charge in [-0.1, -0.05) is 12.1 Å². The quantitative estimate of drug-likeness (QED) is 0.602. The Morgan fingerprint density at radius 2 is 2.08 bits per heavy atom. The van der Waals surface area contributed by atoms with Crippen molar-refractivity contribution in [1.82, 2.24) is 9.55 Å². The van der Waals surface area contributed by atoms with Crippen LogP contribution < -0.4 is 9.47 Å². The molecular weight excluding hydrogens is 347 g/mol. The summed E-state index contributed by atoms with van der Waals surface area (Å²) in [5.74, 6) is -0.520. The van der Waals surface area contributed by atoms with Crippen LogP contribution in [0.15, 0.2) is 30.5 Å². The van der Waals surface area contributed by atoms with Crippen LogP contribution in [0.4, 0.5) is 19.0 Å². The first kappa shape index (κ1) is 17.0. The predicted molar refractivity (Wildman–Crippen MR) is 76.1 cm³/mol. The zero-order valence-electron chi connectivity index (χ0n) is 12.6. The minimum Gasteiger partial charge on any atom is -0.444 e. The summed E-state index contributed by atoms with van der Waals surface area (Å²) in [6, 6.07) is 5.40. The summed E-state index contributed by atoms with van der Waals surface area (Å²) in [7, 11) is 0. The maximum Gasteiger partial charge on any atom is 0.573 e. The number of hydrogen-bond donors (Lipinski definition) is 0. The van der Waals surface area contributed by atoms with Crippen molar-refractivity contribution in [1.29, 1.82) is 0 Å². The number of nitro groups is 1. The number of fused-ring (bicyclic) bond motifs is 1. The van der Waals surface area contributed by atoms with Gasteiger partial charge in [-0.3, -0.25) is 0 Å². The lowest BCUT2D eigenvalue weighted by atomic mass is 10.2. The Labute approximate surface area is 138 Å². The lowest BCUT2D eigenvalue weighted by molar-refractivity contribution is -0.392. The molecule has 0 amide bonds. The largest absolute Gasteiger partial charge is 0.573 e. The SMILES string of the molecule is O=[N+]([O-])c1cnc2n1C[C@H](OCc1ccc(OC(F)(F)F)cc1)CO2. The normalized spacial score (nSPS) is 16.8. The highest BCUT2D eigenvalue weighted by Crippen LogP contribution is 2.26. The third-order valence-corrected chi connectivity index (χ3v) is 3.41. The molecule has 8 nitrogen and oxygen atoms in total. The molecule has 2 heterocycles. The number of halogens is 3. The van der Waals surface area contributed by atoms with Gasteiger partial charge in [0.2, 0.25) is 0 Å². The van der Waals surface area contributed by atoms with Crippen molar-refractivity contribution in [3.8, 4) is 11.8 Å². The third kappa shape index (κ3) is 4.18. The number of hydrogen-bond acceptors (Lipinski definition) is 6. The standard InChI is InChI=1S/C14H12F3N3O5/c15-14(16,17)25-10-3-1-9(2-4-10)7-23-11-6-19-12(20(21)22)5-18-13(19)24-8-11/h1-5,11H,6-8H2/t11-/m0/s1. The van der Waals surface area contributed by atoms with Gasteiger partial charge in [-0.2, -0.15) is 9.55 Å². The molecule has 0 saturated heterocycles. The molecule has 0 bridgehead atoms. The zero-order chi connectivity index (χ0) is 18.0. The van der Waals surface area contributed by atoms with E-state index in [2.05, 4.69) is 9.72 Å². The van der Waals surface area contributed by atoms with E-state index in [4.69, 9.17) is 9.47 Å². The van der Waals surface area contributed by atoms with Crippen molar-refractivity contribution in [3.63, 3.8) is 0 Å². The van der Waals surface area contributed by atoms with E-state index in [-0.39, 0.29) is 37.3 Å². The fourth-order valence-electron chi connectivity index (χ4n) is 2.31. The number of rotatable bonds is 5. The molecule has 3 rings (SSSR count). The van der Waals surface area contributed by atoms with Gasteiger partial charge in [0.05, 0.1) is 6.61 Å². The van der Waals surface area contributed by atoms with Crippen molar-refractivity contribution >= 4 is 5.82 Å². The molecule has 2 aromatic rings. The van der Waals surface area contributed by atoms with Gasteiger partial charge < -0.3 is 24.3 Å². The van der Waals surface area contributed by atoms with Crippen LogP contribution in [0.25, 0.3) is 0 Å². The first-order valence-electron chi connectivity index (χ1n) is 7.11. The van der Waals surface area contributed by atoms with E-state index in [0.29, 0.717) is 5.56 Å². The Balaban J connectivity index is 1.57. The number of imidazole rings is 1. The number of alkyl halides is 3. The Kier molecular flexibility index (Phi) is 4.49. The molecule has 0 radical (unpaired) electrons. The van der Waals surface area contributed by atoms with E-state index >= 15 is 0 Å². The number of ether oxygens (including phenoxy) is 3. The smallest absolute Gasteiger partial charge is 0.444 e. The topological polar surface area (TPSA) is 88.7 Å². The molecular formula is C14H12F3N3O5. The van der Waals surface area contributed by atoms with Crippen molar-refractivity contribution in [2.24, 2.45) is 0 Å². The molecule has 0 fully saturated rings. The average molecular weight is 359 g/mol. The second-order valence-electron chi connectivity index (χ2n) is 5.20. The van der Waals surface area contributed by atoms with E-state index in [9.17, 15) is 23.3 Å². The molecule has 1 aliphatic rings. The molecule has 25 heavy (non-hydrogen) atoms. The minimum atomic E-state index is -4.74. The number of aromatic nitrogens is 2. The predicted octanol–water partition coefficient (Wildman–Crippen LogP) is 2.67. The van der Waals surface area contributed by atoms with Crippen LogP contribution in [0.3, 0.4) is 0 Å². The molecule has 1 atom stereocenters. The first-order chi connectivity index (χ1) is 11.8. The van der Waals surface area contributed by atoms with Crippen LogP contribution in [0.2, 0.25) is 0 Å². The maximum absolute atomic E-state index is 12.1. The van der Waals surface area contributed by atoms with E-state index < -0.39 is 17.4 Å². The van der Waals surface area contributed by atoms with Crippen LogP contribution in [-0.2, 0) is 17.9 Å². The summed E-state index contributed by atoms with van der Waals surface area (Å²) < 4.78 is 52.3. The van der Waals surface area contributed by atoms with Crippen LogP contribution in [0.1, 0.15) is 5.56 Å². The van der Waals surface area contributed by atoms with Crippen LogP contribution in [0.5, 0.6) is 11.8 Å². The van der Waals surface area contributed by atoms with Gasteiger partial charge in [-0.15, -0.1) is 13.2 Å². The van der Waals surface area contributed by atoms with E-state index in [0.717, 1.165) is 6.20 Å². The second-order valence-corrected chi connectivity index (χ2v) is 5.20. The van der Waals surface area contributed by atoms with Crippen LogP contribution in [0, 0.1) is 10.1 Å². The molecule has 1 aromatic carbocycles. The summed E-state index contributed by atoms with van der Waals surface area (Å²) >= 11 is 0. The summed E-state index contributed by atoms with van der Waals surface area (Å²) in [6.07, 6.45) is -4.09. The highest BCUT2D eigenvalue weighted by Gasteiger charge is 2.32. The van der Waals surface area contributed by atoms with E-state index in [1.54, 1.807) is 0 Å². The monoisotopic (exact) mass is 359 g/mol. The lowest BCUT2D eigenvalue weighted by Gasteiger charge is -2.21. The first-order valence-corrected chi connectivity index (χ1v) is 7.11. The molecule has 1 aliphatic heterocycles. The molecule has 1 aromatic heterocycles. The highest BCUT2D eigenvalue weighted by atomic mass is 19.4. The maximum atomic E-state index is 12.1. The number of benzene rings is 1. The van der Waals surface area contributed by atoms with Gasteiger partial charge in [-0.25, -0.2) is 0 Å². The summed E-state index contributed by atoms with van der Waals surface area (Å²) in [5, 5.41) is 10.9. The van der Waals surface area contributed by atoms with Crippen LogP contribution in [-0.4, -0.2) is 33.5 Å². The van der Waals surface area contributed by atoms with Gasteiger partial charge in [-0.05, 0) is 22.6 Å². The van der Waals surface area contributed by atoms with Gasteiger partial charge >= 0.3 is 18.2 Å². The average Bonchev–Trinajstić information content (AvgIpc) is 2.96. The van der Waals surface area contributed by atoms with Crippen LogP contribution >= 0.6 is 0 Å². The molecule has 0 unspecified atom stereocenters. The van der Waals surface area contributed by atoms with E-state index in [1.807, 2.05) is 0 Å². The zero-order valence-corrected chi connectivity index (χ0v) is 12.6. The number of nitrogens with zero attached hydrogens (tertiary/aromatic N) is 3. The lowest BCUT2D eigenvalue weighted by Crippen LogP contribution is -2.32. The van der Waals surface area contributed by atoms with Gasteiger partial charge in [0, 0.05) is 0 Å². The summed E-state index contributed by atoms with van der Waals surface area (Å²) in [5.41, 5.74) is 0.625. The van der Waals surface area contributed by atoms with Gasteiger partial charge in [0.25, 0.3) is 0 Å². The van der Waals surface area contributed by atoms with Crippen molar-refractivity contribution < 1.29 is 32.3 Å². The van der Waals surface area contributed by atoms with Crippen molar-refractivity contribution in [2.45, 2.75) is 25.6 Å². The molecule has 0 aliphatic carbocycles. The molecule has 0 N–H and O–H groups in total. The molecule has 11 heteroatoms. The fraction of sp³-hybridized carbons (Fsp3) is 0.357. The Hall–Kier alpha value is -2.82.